The molecule has 0 atom stereocenters. The Hall–Kier alpha value is -0.0400. The van der Waals surface area contributed by atoms with E-state index in [4.69, 9.17) is 0 Å². The third kappa shape index (κ3) is 5.90. The van der Waals surface area contributed by atoms with E-state index >= 15 is 0 Å². The maximum atomic E-state index is 3.74. The minimum absolute atomic E-state index is 0.261. The standard InChI is InChI=1S/C16H33N/c1-14(2,3)11-12-16(9-7-8-10-16)13-17-15(4,5)6/h17H,7-13H2,1-6H3. The number of nitrogens with one attached hydrogen (secondary N) is 1. The maximum Gasteiger partial charge on any atom is 0.00967 e. The molecule has 0 aliphatic heterocycles. The molecule has 1 heteroatoms. The smallest absolute Gasteiger partial charge is 0.00967 e. The van der Waals surface area contributed by atoms with Crippen molar-refractivity contribution in [1.29, 1.82) is 0 Å². The lowest BCUT2D eigenvalue weighted by molar-refractivity contribution is 0.193. The summed E-state index contributed by atoms with van der Waals surface area (Å²) in [7, 11) is 0. The summed E-state index contributed by atoms with van der Waals surface area (Å²) < 4.78 is 0. The molecule has 0 aromatic rings. The van der Waals surface area contributed by atoms with Crippen molar-refractivity contribution in [3.8, 4) is 0 Å². The molecular weight excluding hydrogens is 206 g/mol. The second-order valence-electron chi connectivity index (χ2n) is 8.37. The molecule has 0 heterocycles. The fourth-order valence-corrected chi connectivity index (χ4v) is 2.73. The highest BCUT2D eigenvalue weighted by atomic mass is 15.0. The van der Waals surface area contributed by atoms with Crippen molar-refractivity contribution in [2.24, 2.45) is 10.8 Å². The van der Waals surface area contributed by atoms with E-state index < -0.39 is 0 Å². The molecule has 0 amide bonds. The second kappa shape index (κ2) is 5.30. The predicted molar refractivity (Wildman–Crippen MR) is 77.3 cm³/mol. The van der Waals surface area contributed by atoms with Crippen molar-refractivity contribution < 1.29 is 0 Å². The van der Waals surface area contributed by atoms with Gasteiger partial charge in [0.25, 0.3) is 0 Å². The van der Waals surface area contributed by atoms with E-state index in [9.17, 15) is 0 Å². The van der Waals surface area contributed by atoms with E-state index in [2.05, 4.69) is 46.9 Å². The fraction of sp³-hybridized carbons (Fsp3) is 1.00. The van der Waals surface area contributed by atoms with Crippen LogP contribution in [0.2, 0.25) is 0 Å². The molecule has 1 aliphatic carbocycles. The zero-order valence-electron chi connectivity index (χ0n) is 12.9. The minimum atomic E-state index is 0.261. The molecule has 0 saturated heterocycles. The number of rotatable bonds is 4. The Labute approximate surface area is 109 Å². The Bertz CT molecular complexity index is 203. The van der Waals surface area contributed by atoms with Gasteiger partial charge in [0.15, 0.2) is 0 Å². The summed E-state index contributed by atoms with van der Waals surface area (Å²) in [5.74, 6) is 0. The van der Waals surface area contributed by atoms with E-state index in [1.807, 2.05) is 0 Å². The largest absolute Gasteiger partial charge is 0.312 e. The van der Waals surface area contributed by atoms with Crippen molar-refractivity contribution in [2.45, 2.75) is 85.6 Å². The molecule has 0 aromatic heterocycles. The summed E-state index contributed by atoms with van der Waals surface area (Å²) in [5.41, 5.74) is 1.34. The summed E-state index contributed by atoms with van der Waals surface area (Å²) >= 11 is 0. The lowest BCUT2D eigenvalue weighted by Crippen LogP contribution is -2.43. The molecule has 1 N–H and O–H groups in total. The summed E-state index contributed by atoms with van der Waals surface area (Å²) in [4.78, 5) is 0. The lowest BCUT2D eigenvalue weighted by atomic mass is 9.76. The van der Waals surface area contributed by atoms with Crippen LogP contribution in [0.4, 0.5) is 0 Å². The zero-order chi connectivity index (χ0) is 13.2. The average molecular weight is 239 g/mol. The third-order valence-electron chi connectivity index (χ3n) is 4.06. The van der Waals surface area contributed by atoms with Gasteiger partial charge in [-0.15, -0.1) is 0 Å². The first-order valence-corrected chi connectivity index (χ1v) is 7.37. The van der Waals surface area contributed by atoms with Gasteiger partial charge in [-0.1, -0.05) is 33.6 Å². The van der Waals surface area contributed by atoms with Crippen molar-refractivity contribution in [3.05, 3.63) is 0 Å². The highest BCUT2D eigenvalue weighted by Gasteiger charge is 2.35. The van der Waals surface area contributed by atoms with Gasteiger partial charge in [0, 0.05) is 12.1 Å². The van der Waals surface area contributed by atoms with Crippen LogP contribution in [0.5, 0.6) is 0 Å². The Morgan fingerprint density at radius 2 is 1.47 bits per heavy atom. The molecule has 1 rings (SSSR count). The molecule has 0 spiro atoms. The Kier molecular flexibility index (Phi) is 4.68. The van der Waals surface area contributed by atoms with Crippen LogP contribution in [-0.2, 0) is 0 Å². The van der Waals surface area contributed by atoms with Gasteiger partial charge in [-0.2, -0.15) is 0 Å². The molecule has 0 radical (unpaired) electrons. The number of hydrogen-bond donors (Lipinski definition) is 1. The van der Waals surface area contributed by atoms with E-state index in [-0.39, 0.29) is 5.54 Å². The molecular formula is C16H33N. The van der Waals surface area contributed by atoms with Crippen LogP contribution in [0.1, 0.15) is 80.1 Å². The van der Waals surface area contributed by atoms with Gasteiger partial charge in [0.05, 0.1) is 0 Å². The van der Waals surface area contributed by atoms with Gasteiger partial charge < -0.3 is 5.32 Å². The first-order chi connectivity index (χ1) is 7.62. The summed E-state index contributed by atoms with van der Waals surface area (Å²) in [6.45, 7) is 15.2. The molecule has 1 fully saturated rings. The van der Waals surface area contributed by atoms with Crippen molar-refractivity contribution in [1.82, 2.24) is 5.32 Å². The van der Waals surface area contributed by atoms with Crippen molar-refractivity contribution in [3.63, 3.8) is 0 Å². The molecule has 0 unspecified atom stereocenters. The topological polar surface area (TPSA) is 12.0 Å². The van der Waals surface area contributed by atoms with Gasteiger partial charge in [-0.25, -0.2) is 0 Å². The number of hydrogen-bond acceptors (Lipinski definition) is 1. The van der Waals surface area contributed by atoms with Gasteiger partial charge in [0.1, 0.15) is 0 Å². The van der Waals surface area contributed by atoms with E-state index in [0.717, 1.165) is 0 Å². The summed E-state index contributed by atoms with van der Waals surface area (Å²) in [5, 5.41) is 3.74. The van der Waals surface area contributed by atoms with E-state index in [1.54, 1.807) is 0 Å². The second-order valence-corrected chi connectivity index (χ2v) is 8.37. The van der Waals surface area contributed by atoms with Gasteiger partial charge >= 0.3 is 0 Å². The van der Waals surface area contributed by atoms with Gasteiger partial charge in [0.2, 0.25) is 0 Å². The van der Waals surface area contributed by atoms with Crippen LogP contribution in [0.3, 0.4) is 0 Å². The van der Waals surface area contributed by atoms with Crippen LogP contribution >= 0.6 is 0 Å². The monoisotopic (exact) mass is 239 g/mol. The highest BCUT2D eigenvalue weighted by molar-refractivity contribution is 4.89. The normalized spacial score (nSPS) is 20.8. The van der Waals surface area contributed by atoms with Crippen LogP contribution in [0.15, 0.2) is 0 Å². The van der Waals surface area contributed by atoms with Crippen molar-refractivity contribution in [2.75, 3.05) is 6.54 Å². The first-order valence-electron chi connectivity index (χ1n) is 7.37. The first kappa shape index (κ1) is 15.0. The molecule has 1 nitrogen and oxygen atoms in total. The van der Waals surface area contributed by atoms with Gasteiger partial charge in [-0.05, 0) is 57.3 Å². The molecule has 102 valence electrons. The minimum Gasteiger partial charge on any atom is -0.312 e. The quantitative estimate of drug-likeness (QED) is 0.745. The highest BCUT2D eigenvalue weighted by Crippen LogP contribution is 2.43. The van der Waals surface area contributed by atoms with Crippen LogP contribution in [0, 0.1) is 10.8 Å². The molecule has 1 saturated carbocycles. The maximum absolute atomic E-state index is 3.74. The van der Waals surface area contributed by atoms with Crippen LogP contribution < -0.4 is 5.32 Å². The molecule has 1 aliphatic rings. The molecule has 0 aromatic carbocycles. The molecule has 17 heavy (non-hydrogen) atoms. The van der Waals surface area contributed by atoms with E-state index in [0.29, 0.717) is 10.8 Å². The Morgan fingerprint density at radius 1 is 0.941 bits per heavy atom. The summed E-state index contributed by atoms with van der Waals surface area (Å²) in [6.07, 6.45) is 8.52. The lowest BCUT2D eigenvalue weighted by Gasteiger charge is -2.35. The summed E-state index contributed by atoms with van der Waals surface area (Å²) in [6, 6.07) is 0. The van der Waals surface area contributed by atoms with E-state index in [1.165, 1.54) is 45.1 Å². The van der Waals surface area contributed by atoms with Crippen LogP contribution in [-0.4, -0.2) is 12.1 Å². The van der Waals surface area contributed by atoms with Crippen molar-refractivity contribution >= 4 is 0 Å². The fourth-order valence-electron chi connectivity index (χ4n) is 2.73. The Morgan fingerprint density at radius 3 is 1.88 bits per heavy atom. The third-order valence-corrected chi connectivity index (χ3v) is 4.06. The average Bonchev–Trinajstić information content (AvgIpc) is 2.59. The van der Waals surface area contributed by atoms with Gasteiger partial charge in [-0.3, -0.25) is 0 Å². The molecule has 0 bridgehead atoms. The Balaban J connectivity index is 2.51. The zero-order valence-corrected chi connectivity index (χ0v) is 12.9. The predicted octanol–water partition coefficient (Wildman–Crippen LogP) is 4.76. The SMILES string of the molecule is CC(C)(C)CCC1(CNC(C)(C)C)CCCC1. The van der Waals surface area contributed by atoms with Crippen LogP contribution in [0.25, 0.3) is 0 Å².